The van der Waals surface area contributed by atoms with Gasteiger partial charge in [0.2, 0.25) is 0 Å². The van der Waals surface area contributed by atoms with Crippen LogP contribution in [0.3, 0.4) is 0 Å². The molecule has 15 heavy (non-hydrogen) atoms. The molecule has 0 amide bonds. The number of rotatable bonds is 5. The highest BCUT2D eigenvalue weighted by Gasteiger charge is 2.05. The molecule has 1 heterocycles. The lowest BCUT2D eigenvalue weighted by Crippen LogP contribution is -2.02. The van der Waals surface area contributed by atoms with Gasteiger partial charge < -0.3 is 5.11 Å². The van der Waals surface area contributed by atoms with E-state index in [1.54, 1.807) is 17.8 Å². The van der Waals surface area contributed by atoms with Crippen molar-refractivity contribution in [2.24, 2.45) is 0 Å². The van der Waals surface area contributed by atoms with Crippen molar-refractivity contribution in [2.45, 2.75) is 31.3 Å². The topological polar surface area (TPSA) is 46.0 Å². The monoisotopic (exact) mass is 246 g/mol. The van der Waals surface area contributed by atoms with Crippen LogP contribution in [0.25, 0.3) is 0 Å². The number of halogens is 1. The van der Waals surface area contributed by atoms with Crippen molar-refractivity contribution in [2.75, 3.05) is 6.61 Å². The predicted molar refractivity (Wildman–Crippen MR) is 64.2 cm³/mol. The number of hydrogen-bond acceptors (Lipinski definition) is 4. The highest BCUT2D eigenvalue weighted by molar-refractivity contribution is 7.99. The number of hydrogen-bond donors (Lipinski definition) is 1. The summed E-state index contributed by atoms with van der Waals surface area (Å²) in [5.41, 5.74) is 0.889. The van der Waals surface area contributed by atoms with Gasteiger partial charge in [-0.2, -0.15) is 11.8 Å². The molecule has 1 rings (SSSR count). The zero-order valence-electron chi connectivity index (χ0n) is 8.90. The second-order valence-electron chi connectivity index (χ2n) is 3.38. The van der Waals surface area contributed by atoms with Gasteiger partial charge >= 0.3 is 0 Å². The van der Waals surface area contributed by atoms with Crippen molar-refractivity contribution >= 4 is 23.4 Å². The summed E-state index contributed by atoms with van der Waals surface area (Å²) < 4.78 is 0. The molecule has 0 aliphatic rings. The van der Waals surface area contributed by atoms with Crippen molar-refractivity contribution in [3.63, 3.8) is 0 Å². The third kappa shape index (κ3) is 4.82. The third-order valence-electron chi connectivity index (χ3n) is 1.90. The van der Waals surface area contributed by atoms with Gasteiger partial charge in [-0.3, -0.25) is 0 Å². The number of aryl methyl sites for hydroxylation is 1. The fourth-order valence-corrected chi connectivity index (χ4v) is 2.23. The Hall–Kier alpha value is -0.320. The van der Waals surface area contributed by atoms with Crippen LogP contribution < -0.4 is 0 Å². The van der Waals surface area contributed by atoms with Gasteiger partial charge in [0.05, 0.1) is 5.75 Å². The van der Waals surface area contributed by atoms with E-state index in [1.165, 1.54) is 0 Å². The number of aromatic nitrogens is 2. The minimum Gasteiger partial charge on any atom is -0.396 e. The van der Waals surface area contributed by atoms with Gasteiger partial charge in [-0.15, -0.1) is 0 Å². The lowest BCUT2D eigenvalue weighted by atomic mass is 10.3. The summed E-state index contributed by atoms with van der Waals surface area (Å²) in [4.78, 5) is 8.42. The van der Waals surface area contributed by atoms with Crippen molar-refractivity contribution < 1.29 is 5.11 Å². The molecule has 0 aliphatic carbocycles. The Bertz CT molecular complexity index is 302. The average molecular weight is 247 g/mol. The Labute approximate surface area is 99.3 Å². The van der Waals surface area contributed by atoms with Crippen LogP contribution in [0.1, 0.15) is 24.9 Å². The molecule has 1 aromatic rings. The minimum absolute atomic E-state index is 0.226. The Morgan fingerprint density at radius 2 is 2.27 bits per heavy atom. The Morgan fingerprint density at radius 3 is 2.87 bits per heavy atom. The minimum atomic E-state index is 0.226. The Kier molecular flexibility index (Phi) is 5.36. The van der Waals surface area contributed by atoms with Gasteiger partial charge in [0.25, 0.3) is 0 Å². The maximum atomic E-state index is 8.76. The SMILES string of the molecule is Cc1cc(Cl)nc(CSC(C)CCO)n1. The normalized spacial score (nSPS) is 12.8. The molecule has 0 radical (unpaired) electrons. The van der Waals surface area contributed by atoms with Crippen LogP contribution in [0, 0.1) is 6.92 Å². The fourth-order valence-electron chi connectivity index (χ4n) is 1.14. The van der Waals surface area contributed by atoms with Gasteiger partial charge in [0, 0.05) is 17.6 Å². The molecule has 0 fully saturated rings. The van der Waals surface area contributed by atoms with E-state index in [2.05, 4.69) is 16.9 Å². The summed E-state index contributed by atoms with van der Waals surface area (Å²) in [6.07, 6.45) is 0.796. The molecule has 0 aromatic carbocycles. The largest absolute Gasteiger partial charge is 0.396 e. The van der Waals surface area contributed by atoms with Crippen LogP contribution in [-0.2, 0) is 5.75 Å². The van der Waals surface area contributed by atoms with E-state index < -0.39 is 0 Å². The average Bonchev–Trinajstić information content (AvgIpc) is 2.14. The molecule has 0 saturated heterocycles. The number of nitrogens with zero attached hydrogens (tertiary/aromatic N) is 2. The second kappa shape index (κ2) is 6.30. The van der Waals surface area contributed by atoms with Gasteiger partial charge in [0.15, 0.2) is 0 Å². The summed E-state index contributed by atoms with van der Waals surface area (Å²) in [5, 5.41) is 9.66. The molecule has 1 aromatic heterocycles. The van der Waals surface area contributed by atoms with Crippen molar-refractivity contribution in [1.29, 1.82) is 0 Å². The van der Waals surface area contributed by atoms with E-state index in [1.807, 2.05) is 6.92 Å². The molecule has 3 nitrogen and oxygen atoms in total. The molecule has 0 spiro atoms. The number of aliphatic hydroxyl groups is 1. The summed E-state index contributed by atoms with van der Waals surface area (Å²) in [5.74, 6) is 1.50. The quantitative estimate of drug-likeness (QED) is 0.811. The van der Waals surface area contributed by atoms with Crippen LogP contribution in [-0.4, -0.2) is 26.9 Å². The number of thioether (sulfide) groups is 1. The van der Waals surface area contributed by atoms with Crippen molar-refractivity contribution in [3.05, 3.63) is 22.7 Å². The van der Waals surface area contributed by atoms with Crippen LogP contribution in [0.5, 0.6) is 0 Å². The molecule has 0 aliphatic heterocycles. The van der Waals surface area contributed by atoms with E-state index in [4.69, 9.17) is 16.7 Å². The molecule has 5 heteroatoms. The summed E-state index contributed by atoms with van der Waals surface area (Å²) in [7, 11) is 0. The third-order valence-corrected chi connectivity index (χ3v) is 3.33. The predicted octanol–water partition coefficient (Wildman–Crippen LogP) is 2.44. The maximum absolute atomic E-state index is 8.76. The van der Waals surface area contributed by atoms with E-state index in [0.29, 0.717) is 10.4 Å². The summed E-state index contributed by atoms with van der Waals surface area (Å²) in [6, 6.07) is 1.74. The van der Waals surface area contributed by atoms with Crippen LogP contribution in [0.15, 0.2) is 6.07 Å². The van der Waals surface area contributed by atoms with E-state index in [9.17, 15) is 0 Å². The smallest absolute Gasteiger partial charge is 0.140 e. The number of aliphatic hydroxyl groups excluding tert-OH is 1. The van der Waals surface area contributed by atoms with Crippen LogP contribution in [0.4, 0.5) is 0 Å². The van der Waals surface area contributed by atoms with E-state index in [0.717, 1.165) is 23.7 Å². The van der Waals surface area contributed by atoms with Crippen molar-refractivity contribution in [3.8, 4) is 0 Å². The first-order chi connectivity index (χ1) is 7.11. The summed E-state index contributed by atoms with van der Waals surface area (Å²) >= 11 is 7.55. The lowest BCUT2D eigenvalue weighted by molar-refractivity contribution is 0.289. The van der Waals surface area contributed by atoms with Gasteiger partial charge in [0.1, 0.15) is 11.0 Å². The van der Waals surface area contributed by atoms with Crippen LogP contribution in [0.2, 0.25) is 5.15 Å². The van der Waals surface area contributed by atoms with Gasteiger partial charge in [-0.05, 0) is 19.4 Å². The zero-order valence-corrected chi connectivity index (χ0v) is 10.5. The molecule has 0 bridgehead atoms. The molecule has 1 unspecified atom stereocenters. The highest BCUT2D eigenvalue weighted by Crippen LogP contribution is 2.18. The van der Waals surface area contributed by atoms with E-state index in [-0.39, 0.29) is 6.61 Å². The molecular weight excluding hydrogens is 232 g/mol. The van der Waals surface area contributed by atoms with E-state index >= 15 is 0 Å². The second-order valence-corrected chi connectivity index (χ2v) is 5.20. The molecule has 1 atom stereocenters. The zero-order chi connectivity index (χ0) is 11.3. The Morgan fingerprint density at radius 1 is 1.53 bits per heavy atom. The van der Waals surface area contributed by atoms with Gasteiger partial charge in [-0.1, -0.05) is 18.5 Å². The molecular formula is C10H15ClN2OS. The summed E-state index contributed by atoms with van der Waals surface area (Å²) in [6.45, 7) is 4.21. The first-order valence-corrected chi connectivity index (χ1v) is 6.27. The molecule has 84 valence electrons. The molecule has 1 N–H and O–H groups in total. The fraction of sp³-hybridized carbons (Fsp3) is 0.600. The maximum Gasteiger partial charge on any atom is 0.140 e. The van der Waals surface area contributed by atoms with Crippen LogP contribution >= 0.6 is 23.4 Å². The Balaban J connectivity index is 2.50. The highest BCUT2D eigenvalue weighted by atomic mass is 35.5. The van der Waals surface area contributed by atoms with Gasteiger partial charge in [-0.25, -0.2) is 9.97 Å². The lowest BCUT2D eigenvalue weighted by Gasteiger charge is -2.08. The first kappa shape index (κ1) is 12.7. The van der Waals surface area contributed by atoms with Crippen molar-refractivity contribution in [1.82, 2.24) is 9.97 Å². The standard InChI is InChI=1S/C10H15ClN2OS/c1-7-5-9(11)13-10(12-7)6-15-8(2)3-4-14/h5,8,14H,3-4,6H2,1-2H3. The first-order valence-electron chi connectivity index (χ1n) is 4.84. The molecule has 0 saturated carbocycles.